The smallest absolute Gasteiger partial charge is 0.290 e. The van der Waals surface area contributed by atoms with E-state index in [2.05, 4.69) is 6.58 Å². The standard InChI is InChI=1S/C19H21NO4/c1-2-10-23-18-14-7-8-16(18)22-11-9-20(14)19(21)17-12-13-5-3-4-6-15(13)24-17/h2-6,12,14,16,18H,1,7-11H2/t14-,16-,18+/m1/s1. The fourth-order valence-electron chi connectivity index (χ4n) is 3.77. The number of rotatable bonds is 4. The Morgan fingerprint density at radius 1 is 1.38 bits per heavy atom. The first kappa shape index (κ1) is 15.4. The highest BCUT2D eigenvalue weighted by Gasteiger charge is 2.45. The van der Waals surface area contributed by atoms with Crippen molar-refractivity contribution in [2.45, 2.75) is 31.1 Å². The number of fused-ring (bicyclic) bond motifs is 3. The molecule has 0 spiro atoms. The van der Waals surface area contributed by atoms with Gasteiger partial charge in [0.05, 0.1) is 25.4 Å². The third kappa shape index (κ3) is 2.64. The predicted molar refractivity (Wildman–Crippen MR) is 89.9 cm³/mol. The van der Waals surface area contributed by atoms with Crippen molar-refractivity contribution in [2.24, 2.45) is 0 Å². The van der Waals surface area contributed by atoms with Crippen LogP contribution >= 0.6 is 0 Å². The molecule has 24 heavy (non-hydrogen) atoms. The summed E-state index contributed by atoms with van der Waals surface area (Å²) in [5.74, 6) is 0.290. The van der Waals surface area contributed by atoms with Crippen molar-refractivity contribution in [3.05, 3.63) is 48.7 Å². The van der Waals surface area contributed by atoms with Crippen LogP contribution in [0.25, 0.3) is 11.0 Å². The van der Waals surface area contributed by atoms with Gasteiger partial charge in [-0.05, 0) is 25.0 Å². The molecule has 1 saturated carbocycles. The minimum Gasteiger partial charge on any atom is -0.451 e. The molecule has 3 atom stereocenters. The van der Waals surface area contributed by atoms with Crippen LogP contribution in [0.3, 0.4) is 0 Å². The molecule has 0 radical (unpaired) electrons. The van der Waals surface area contributed by atoms with Gasteiger partial charge in [0.15, 0.2) is 5.76 Å². The highest BCUT2D eigenvalue weighted by atomic mass is 16.5. The van der Waals surface area contributed by atoms with Crippen molar-refractivity contribution in [1.29, 1.82) is 0 Å². The average molecular weight is 327 g/mol. The van der Waals surface area contributed by atoms with Crippen LogP contribution in [0.15, 0.2) is 47.4 Å². The molecule has 1 aliphatic carbocycles. The second-order valence-electron chi connectivity index (χ2n) is 6.29. The first-order chi connectivity index (χ1) is 11.8. The van der Waals surface area contributed by atoms with E-state index in [1.165, 1.54) is 0 Å². The summed E-state index contributed by atoms with van der Waals surface area (Å²) < 4.78 is 17.6. The molecule has 0 unspecified atom stereocenters. The monoisotopic (exact) mass is 327 g/mol. The van der Waals surface area contributed by atoms with E-state index in [4.69, 9.17) is 13.9 Å². The van der Waals surface area contributed by atoms with E-state index in [9.17, 15) is 4.79 Å². The Bertz CT molecular complexity index is 720. The lowest BCUT2D eigenvalue weighted by molar-refractivity contribution is -0.0435. The van der Waals surface area contributed by atoms with E-state index in [0.29, 0.717) is 25.5 Å². The van der Waals surface area contributed by atoms with Crippen molar-refractivity contribution in [3.63, 3.8) is 0 Å². The molecule has 5 heteroatoms. The van der Waals surface area contributed by atoms with E-state index < -0.39 is 0 Å². The van der Waals surface area contributed by atoms with Crippen LogP contribution in [0.1, 0.15) is 23.4 Å². The summed E-state index contributed by atoms with van der Waals surface area (Å²) in [4.78, 5) is 14.9. The van der Waals surface area contributed by atoms with Gasteiger partial charge in [0.25, 0.3) is 5.91 Å². The quantitative estimate of drug-likeness (QED) is 0.810. The van der Waals surface area contributed by atoms with Crippen LogP contribution in [-0.2, 0) is 9.47 Å². The maximum Gasteiger partial charge on any atom is 0.290 e. The maximum absolute atomic E-state index is 13.0. The number of carbonyl (C=O) groups is 1. The van der Waals surface area contributed by atoms with E-state index in [1.54, 1.807) is 6.08 Å². The number of amides is 1. The molecule has 0 N–H and O–H groups in total. The molecule has 1 amide bonds. The Morgan fingerprint density at radius 2 is 2.25 bits per heavy atom. The third-order valence-electron chi connectivity index (χ3n) is 4.86. The van der Waals surface area contributed by atoms with E-state index in [-0.39, 0.29) is 24.2 Å². The van der Waals surface area contributed by atoms with E-state index >= 15 is 0 Å². The molecule has 2 aliphatic rings. The van der Waals surface area contributed by atoms with Crippen LogP contribution in [0, 0.1) is 0 Å². The van der Waals surface area contributed by atoms with Crippen LogP contribution in [-0.4, -0.2) is 48.8 Å². The summed E-state index contributed by atoms with van der Waals surface area (Å²) in [5.41, 5.74) is 0.732. The molecule has 2 heterocycles. The van der Waals surface area contributed by atoms with Gasteiger partial charge < -0.3 is 18.8 Å². The molecule has 1 saturated heterocycles. The van der Waals surface area contributed by atoms with Gasteiger partial charge in [0.2, 0.25) is 0 Å². The zero-order chi connectivity index (χ0) is 16.5. The number of nitrogens with zero attached hydrogens (tertiary/aromatic N) is 1. The molecule has 2 bridgehead atoms. The number of hydrogen-bond acceptors (Lipinski definition) is 4. The van der Waals surface area contributed by atoms with Gasteiger partial charge in [0, 0.05) is 11.9 Å². The van der Waals surface area contributed by atoms with Crippen molar-refractivity contribution in [3.8, 4) is 0 Å². The van der Waals surface area contributed by atoms with E-state index in [1.807, 2.05) is 35.2 Å². The highest BCUT2D eigenvalue weighted by molar-refractivity contribution is 5.96. The summed E-state index contributed by atoms with van der Waals surface area (Å²) in [7, 11) is 0. The maximum atomic E-state index is 13.0. The van der Waals surface area contributed by atoms with Crippen LogP contribution < -0.4 is 0 Å². The van der Waals surface area contributed by atoms with Crippen LogP contribution in [0.5, 0.6) is 0 Å². The van der Waals surface area contributed by atoms with Crippen molar-refractivity contribution in [2.75, 3.05) is 19.8 Å². The Balaban J connectivity index is 1.61. The predicted octanol–water partition coefficient (Wildman–Crippen LogP) is 3.01. The first-order valence-corrected chi connectivity index (χ1v) is 8.41. The van der Waals surface area contributed by atoms with Crippen LogP contribution in [0.4, 0.5) is 0 Å². The summed E-state index contributed by atoms with van der Waals surface area (Å²) in [6, 6.07) is 9.50. The first-order valence-electron chi connectivity index (χ1n) is 8.41. The minimum atomic E-state index is -0.0983. The highest BCUT2D eigenvalue weighted by Crippen LogP contribution is 2.33. The van der Waals surface area contributed by atoms with Gasteiger partial charge in [-0.15, -0.1) is 6.58 Å². The SMILES string of the molecule is C=CCO[C@H]1[C@H]2CC[C@H]1OCCN2C(=O)c1cc2ccccc2o1. The molecule has 1 aromatic heterocycles. The molecule has 126 valence electrons. The number of carbonyl (C=O) groups excluding carboxylic acids is 1. The Kier molecular flexibility index (Phi) is 4.12. The summed E-state index contributed by atoms with van der Waals surface area (Å²) in [5, 5.41) is 0.940. The fraction of sp³-hybridized carbons (Fsp3) is 0.421. The number of ether oxygens (including phenoxy) is 2. The molecule has 1 aliphatic heterocycles. The number of hydrogen-bond donors (Lipinski definition) is 0. The van der Waals surface area contributed by atoms with Gasteiger partial charge in [-0.3, -0.25) is 4.79 Å². The van der Waals surface area contributed by atoms with Gasteiger partial charge >= 0.3 is 0 Å². The average Bonchev–Trinajstić information content (AvgIpc) is 3.13. The van der Waals surface area contributed by atoms with Gasteiger partial charge in [-0.25, -0.2) is 0 Å². The van der Waals surface area contributed by atoms with E-state index in [0.717, 1.165) is 23.8 Å². The van der Waals surface area contributed by atoms with Crippen LogP contribution in [0.2, 0.25) is 0 Å². The lowest BCUT2D eigenvalue weighted by atomic mass is 10.1. The third-order valence-corrected chi connectivity index (χ3v) is 4.86. The Morgan fingerprint density at radius 3 is 3.08 bits per heavy atom. The summed E-state index contributed by atoms with van der Waals surface area (Å²) in [6.45, 7) is 5.26. The van der Waals surface area contributed by atoms with Crippen molar-refractivity contribution in [1.82, 2.24) is 4.90 Å². The van der Waals surface area contributed by atoms with Crippen molar-refractivity contribution >= 4 is 16.9 Å². The second-order valence-corrected chi connectivity index (χ2v) is 6.29. The molecular formula is C19H21NO4. The lowest BCUT2D eigenvalue weighted by Gasteiger charge is -2.30. The molecule has 1 aromatic carbocycles. The molecular weight excluding hydrogens is 306 g/mol. The summed E-state index contributed by atoms with van der Waals surface area (Å²) >= 11 is 0. The Labute approximate surface area is 140 Å². The van der Waals surface area contributed by atoms with Gasteiger partial charge in [0.1, 0.15) is 11.7 Å². The largest absolute Gasteiger partial charge is 0.451 e. The number of furan rings is 1. The fourth-order valence-corrected chi connectivity index (χ4v) is 3.77. The topological polar surface area (TPSA) is 51.9 Å². The van der Waals surface area contributed by atoms with Crippen molar-refractivity contribution < 1.29 is 18.7 Å². The normalized spacial score (nSPS) is 26.5. The zero-order valence-corrected chi connectivity index (χ0v) is 13.5. The molecule has 2 fully saturated rings. The minimum absolute atomic E-state index is 0.0261. The zero-order valence-electron chi connectivity index (χ0n) is 13.5. The molecule has 4 rings (SSSR count). The number of benzene rings is 1. The molecule has 2 aromatic rings. The lowest BCUT2D eigenvalue weighted by Crippen LogP contribution is -2.46. The van der Waals surface area contributed by atoms with Gasteiger partial charge in [-0.1, -0.05) is 24.3 Å². The summed E-state index contributed by atoms with van der Waals surface area (Å²) in [6.07, 6.45) is 3.49. The van der Waals surface area contributed by atoms with Gasteiger partial charge in [-0.2, -0.15) is 0 Å². The molecule has 5 nitrogen and oxygen atoms in total. The number of para-hydroxylation sites is 1. The second kappa shape index (κ2) is 6.42. The Hall–Kier alpha value is -2.11.